The van der Waals surface area contributed by atoms with Crippen molar-refractivity contribution in [1.29, 1.82) is 0 Å². The molecule has 0 fully saturated rings. The van der Waals surface area contributed by atoms with Crippen LogP contribution in [0.5, 0.6) is 5.88 Å². The summed E-state index contributed by atoms with van der Waals surface area (Å²) < 4.78 is 18.8. The van der Waals surface area contributed by atoms with Gasteiger partial charge in [0.05, 0.1) is 22.4 Å². The van der Waals surface area contributed by atoms with E-state index in [9.17, 15) is 9.18 Å². The number of carbonyl (C=O) groups is 1. The van der Waals surface area contributed by atoms with Gasteiger partial charge in [0, 0.05) is 18.0 Å². The first-order valence-electron chi connectivity index (χ1n) is 10.1. The van der Waals surface area contributed by atoms with Crippen molar-refractivity contribution in [3.8, 4) is 5.88 Å². The Balaban J connectivity index is 2.12. The number of pyridine rings is 1. The summed E-state index contributed by atoms with van der Waals surface area (Å²) in [7, 11) is 0. The fourth-order valence-electron chi connectivity index (χ4n) is 4.03. The molecule has 1 aromatic carbocycles. The van der Waals surface area contributed by atoms with Gasteiger partial charge in [0.1, 0.15) is 5.82 Å². The number of benzene rings is 1. The molecule has 4 nitrogen and oxygen atoms in total. The van der Waals surface area contributed by atoms with Gasteiger partial charge in [-0.3, -0.25) is 4.79 Å². The smallest absolute Gasteiger partial charge is 0.299 e. The Morgan fingerprint density at radius 1 is 1.38 bits per heavy atom. The van der Waals surface area contributed by atoms with Crippen LogP contribution in [-0.2, 0) is 10.2 Å². The lowest BCUT2D eigenvalue weighted by Crippen LogP contribution is -2.42. The minimum Gasteiger partial charge on any atom is -0.410 e. The molecule has 1 aliphatic heterocycles. The highest BCUT2D eigenvalue weighted by Gasteiger charge is 2.41. The zero-order chi connectivity index (χ0) is 21.2. The van der Waals surface area contributed by atoms with Gasteiger partial charge in [-0.2, -0.15) is 0 Å². The van der Waals surface area contributed by atoms with Crippen molar-refractivity contribution in [2.75, 3.05) is 11.4 Å². The third kappa shape index (κ3) is 4.40. The molecule has 1 aromatic heterocycles. The Bertz CT molecular complexity index is 889. The van der Waals surface area contributed by atoms with Gasteiger partial charge in [-0.15, -0.1) is 0 Å². The Morgan fingerprint density at radius 3 is 2.76 bits per heavy atom. The van der Waals surface area contributed by atoms with Crippen molar-refractivity contribution in [2.24, 2.45) is 5.92 Å². The first-order valence-corrected chi connectivity index (χ1v) is 10.5. The maximum absolute atomic E-state index is 13.8. The lowest BCUT2D eigenvalue weighted by atomic mass is 9.72. The number of aromatic nitrogens is 1. The number of anilines is 1. The highest BCUT2D eigenvalue weighted by molar-refractivity contribution is 6.30. The number of rotatable bonds is 7. The Labute approximate surface area is 177 Å². The Hall–Kier alpha value is -2.14. The number of nitrogens with zero attached hydrogens (tertiary/aromatic N) is 2. The minimum atomic E-state index is -0.407. The summed E-state index contributed by atoms with van der Waals surface area (Å²) >= 11 is 6.11. The van der Waals surface area contributed by atoms with E-state index >= 15 is 0 Å². The van der Waals surface area contributed by atoms with Crippen molar-refractivity contribution >= 4 is 23.8 Å². The molecule has 0 saturated heterocycles. The Kier molecular flexibility index (Phi) is 6.47. The maximum Gasteiger partial charge on any atom is 0.299 e. The maximum atomic E-state index is 13.8. The van der Waals surface area contributed by atoms with Gasteiger partial charge in [-0.05, 0) is 48.9 Å². The second-order valence-electron chi connectivity index (χ2n) is 8.41. The zero-order valence-corrected chi connectivity index (χ0v) is 18.2. The predicted molar refractivity (Wildman–Crippen MR) is 114 cm³/mol. The van der Waals surface area contributed by atoms with Crippen LogP contribution in [0, 0.1) is 11.7 Å². The molecule has 0 radical (unpaired) electrons. The summed E-state index contributed by atoms with van der Waals surface area (Å²) in [5, 5.41) is 0.142. The fourth-order valence-corrected chi connectivity index (χ4v) is 4.22. The first-order chi connectivity index (χ1) is 13.8. The second-order valence-corrected chi connectivity index (χ2v) is 8.82. The van der Waals surface area contributed by atoms with Gasteiger partial charge >= 0.3 is 0 Å². The molecule has 2 unspecified atom stereocenters. The van der Waals surface area contributed by atoms with Crippen LogP contribution >= 0.6 is 11.6 Å². The third-order valence-corrected chi connectivity index (χ3v) is 6.26. The average molecular weight is 419 g/mol. The molecule has 6 heteroatoms. The predicted octanol–water partition coefficient (Wildman–Crippen LogP) is 6.07. The molecule has 3 rings (SSSR count). The normalized spacial score (nSPS) is 21.2. The summed E-state index contributed by atoms with van der Waals surface area (Å²) in [5.41, 5.74) is 2.76. The van der Waals surface area contributed by atoms with E-state index in [-0.39, 0.29) is 16.5 Å². The van der Waals surface area contributed by atoms with E-state index < -0.39 is 5.82 Å². The number of carbonyl (C=O) groups excluding carboxylic acids is 1. The molecule has 0 spiro atoms. The van der Waals surface area contributed by atoms with Crippen molar-refractivity contribution < 1.29 is 13.9 Å². The van der Waals surface area contributed by atoms with Crippen molar-refractivity contribution in [3.63, 3.8) is 0 Å². The van der Waals surface area contributed by atoms with Crippen molar-refractivity contribution in [2.45, 2.75) is 58.4 Å². The third-order valence-electron chi connectivity index (χ3n) is 5.97. The van der Waals surface area contributed by atoms with E-state index in [0.717, 1.165) is 42.8 Å². The minimum absolute atomic E-state index is 0.0592. The van der Waals surface area contributed by atoms with E-state index in [1.165, 1.54) is 6.07 Å². The monoisotopic (exact) mass is 418 g/mol. The molecule has 1 aliphatic rings. The van der Waals surface area contributed by atoms with Gasteiger partial charge in [-0.1, -0.05) is 45.4 Å². The van der Waals surface area contributed by atoms with Crippen LogP contribution in [0.15, 0.2) is 30.3 Å². The molecule has 0 saturated carbocycles. The highest BCUT2D eigenvalue weighted by atomic mass is 35.5. The highest BCUT2D eigenvalue weighted by Crippen LogP contribution is 2.49. The van der Waals surface area contributed by atoms with E-state index in [4.69, 9.17) is 16.3 Å². The topological polar surface area (TPSA) is 42.4 Å². The molecular formula is C23H28ClFN2O2. The van der Waals surface area contributed by atoms with Crippen LogP contribution in [0.3, 0.4) is 0 Å². The summed E-state index contributed by atoms with van der Waals surface area (Å²) in [5.74, 6) is 0.447. The number of halogens is 2. The summed E-state index contributed by atoms with van der Waals surface area (Å²) in [6.07, 6.45) is 2.70. The largest absolute Gasteiger partial charge is 0.410 e. The molecule has 2 atom stereocenters. The number of fused-ring (bicyclic) bond motifs is 1. The molecule has 0 N–H and O–H groups in total. The van der Waals surface area contributed by atoms with Crippen LogP contribution in [0.4, 0.5) is 10.1 Å². The molecule has 156 valence electrons. The second kappa shape index (κ2) is 8.70. The standard InChI is InChI=1S/C23H28ClFN2O2/c1-5-23(4)13-20(16-6-7-18(25)17(24)12-16)27(11-10-15(2)3)19-8-9-21(29-14-28)26-22(19)23/h6-9,12,14-15,20H,5,10-11,13H2,1-4H3. The van der Waals surface area contributed by atoms with E-state index in [2.05, 4.69) is 37.6 Å². The van der Waals surface area contributed by atoms with Crippen molar-refractivity contribution in [1.82, 2.24) is 4.98 Å². The Morgan fingerprint density at radius 2 is 2.14 bits per heavy atom. The fraction of sp³-hybridized carbons (Fsp3) is 0.478. The summed E-state index contributed by atoms with van der Waals surface area (Å²) in [4.78, 5) is 17.8. The van der Waals surface area contributed by atoms with Gasteiger partial charge in [0.2, 0.25) is 5.88 Å². The van der Waals surface area contributed by atoms with E-state index in [1.807, 2.05) is 12.1 Å². The molecule has 2 aromatic rings. The molecule has 0 aliphatic carbocycles. The molecular weight excluding hydrogens is 391 g/mol. The first kappa shape index (κ1) is 21.6. The van der Waals surface area contributed by atoms with Gasteiger partial charge in [0.25, 0.3) is 6.47 Å². The zero-order valence-electron chi connectivity index (χ0n) is 17.4. The number of ether oxygens (including phenoxy) is 1. The number of hydrogen-bond donors (Lipinski definition) is 0. The quantitative estimate of drug-likeness (QED) is 0.511. The van der Waals surface area contributed by atoms with Crippen molar-refractivity contribution in [3.05, 3.63) is 52.4 Å². The SMILES string of the molecule is CCC1(C)CC(c2ccc(F)c(Cl)c2)N(CCC(C)C)c2ccc(OC=O)nc21. The lowest BCUT2D eigenvalue weighted by Gasteiger charge is -2.47. The molecule has 2 heterocycles. The summed E-state index contributed by atoms with van der Waals surface area (Å²) in [6, 6.07) is 8.77. The average Bonchev–Trinajstić information content (AvgIpc) is 2.69. The van der Waals surface area contributed by atoms with E-state index in [0.29, 0.717) is 18.3 Å². The summed E-state index contributed by atoms with van der Waals surface area (Å²) in [6.45, 7) is 9.97. The van der Waals surface area contributed by atoms with Gasteiger partial charge in [0.15, 0.2) is 0 Å². The van der Waals surface area contributed by atoms with Gasteiger partial charge in [-0.25, -0.2) is 9.37 Å². The molecule has 0 bridgehead atoms. The molecule has 0 amide bonds. The molecule has 29 heavy (non-hydrogen) atoms. The van der Waals surface area contributed by atoms with Crippen LogP contribution in [0.1, 0.15) is 64.3 Å². The lowest BCUT2D eigenvalue weighted by molar-refractivity contribution is -0.120. The van der Waals surface area contributed by atoms with E-state index in [1.54, 1.807) is 12.1 Å². The van der Waals surface area contributed by atoms with Crippen LogP contribution in [-0.4, -0.2) is 18.0 Å². The van der Waals surface area contributed by atoms with Crippen LogP contribution in [0.25, 0.3) is 0 Å². The van der Waals surface area contributed by atoms with Gasteiger partial charge < -0.3 is 9.64 Å². The number of hydrogen-bond acceptors (Lipinski definition) is 4. The van der Waals surface area contributed by atoms with Crippen LogP contribution in [0.2, 0.25) is 5.02 Å². The van der Waals surface area contributed by atoms with Crippen LogP contribution < -0.4 is 9.64 Å².